The van der Waals surface area contributed by atoms with Gasteiger partial charge < -0.3 is 0 Å². The van der Waals surface area contributed by atoms with E-state index in [1.54, 1.807) is 22.5 Å². The number of benzene rings is 1. The van der Waals surface area contributed by atoms with Gasteiger partial charge in [0, 0.05) is 12.6 Å². The fourth-order valence-corrected chi connectivity index (χ4v) is 4.52. The molecule has 0 bridgehead atoms. The van der Waals surface area contributed by atoms with Crippen molar-refractivity contribution in [1.29, 1.82) is 5.26 Å². The van der Waals surface area contributed by atoms with Crippen LogP contribution in [0.4, 0.5) is 0 Å². The van der Waals surface area contributed by atoms with Crippen molar-refractivity contribution in [3.8, 4) is 6.07 Å². The molecule has 0 radical (unpaired) electrons. The molecule has 0 saturated carbocycles. The lowest BCUT2D eigenvalue weighted by molar-refractivity contribution is 0.246. The highest BCUT2D eigenvalue weighted by Gasteiger charge is 2.33. The molecule has 5 heteroatoms. The zero-order chi connectivity index (χ0) is 13.9. The van der Waals surface area contributed by atoms with E-state index >= 15 is 0 Å². The molecule has 4 nitrogen and oxygen atoms in total. The Labute approximate surface area is 114 Å². The van der Waals surface area contributed by atoms with Crippen LogP contribution in [0, 0.1) is 11.3 Å². The van der Waals surface area contributed by atoms with E-state index in [-0.39, 0.29) is 16.5 Å². The van der Waals surface area contributed by atoms with Gasteiger partial charge in [0.15, 0.2) is 0 Å². The van der Waals surface area contributed by atoms with E-state index in [1.807, 2.05) is 13.0 Å². The molecule has 0 amide bonds. The Morgan fingerprint density at radius 1 is 1.37 bits per heavy atom. The monoisotopic (exact) mass is 278 g/mol. The minimum Gasteiger partial charge on any atom is -0.207 e. The summed E-state index contributed by atoms with van der Waals surface area (Å²) in [6, 6.07) is 8.46. The van der Waals surface area contributed by atoms with E-state index in [9.17, 15) is 8.42 Å². The SMILES string of the molecule is CC[C@@H]1CCCCN1S(=O)(=O)c1ccccc1C#N. The van der Waals surface area contributed by atoms with Crippen LogP contribution in [0.2, 0.25) is 0 Å². The molecule has 0 unspecified atom stereocenters. The van der Waals surface area contributed by atoms with Crippen LogP contribution in [0.25, 0.3) is 0 Å². The van der Waals surface area contributed by atoms with Crippen molar-refractivity contribution in [2.24, 2.45) is 0 Å². The van der Waals surface area contributed by atoms with Crippen molar-refractivity contribution in [1.82, 2.24) is 4.31 Å². The first-order valence-corrected chi connectivity index (χ1v) is 8.06. The Hall–Kier alpha value is -1.38. The quantitative estimate of drug-likeness (QED) is 0.853. The maximum Gasteiger partial charge on any atom is 0.244 e. The molecule has 1 fully saturated rings. The van der Waals surface area contributed by atoms with Crippen LogP contribution in [-0.4, -0.2) is 25.3 Å². The fourth-order valence-electron chi connectivity index (χ4n) is 2.61. The standard InChI is InChI=1S/C14H18N2O2S/c1-2-13-8-5-6-10-16(13)19(17,18)14-9-4-3-7-12(14)11-15/h3-4,7,9,13H,2,5-6,8,10H2,1H3/t13-/m1/s1. The number of sulfonamides is 1. The lowest BCUT2D eigenvalue weighted by Gasteiger charge is -2.34. The third-order valence-corrected chi connectivity index (χ3v) is 5.65. The maximum atomic E-state index is 12.7. The van der Waals surface area contributed by atoms with Gasteiger partial charge in [0.1, 0.15) is 6.07 Å². The van der Waals surface area contributed by atoms with Crippen LogP contribution in [0.1, 0.15) is 38.2 Å². The van der Waals surface area contributed by atoms with Crippen molar-refractivity contribution in [3.05, 3.63) is 29.8 Å². The number of rotatable bonds is 3. The van der Waals surface area contributed by atoms with E-state index < -0.39 is 10.0 Å². The summed E-state index contributed by atoms with van der Waals surface area (Å²) in [5.41, 5.74) is 0.225. The molecule has 1 aromatic carbocycles. The Kier molecular flexibility index (Phi) is 4.23. The summed E-state index contributed by atoms with van der Waals surface area (Å²) < 4.78 is 27.0. The molecular weight excluding hydrogens is 260 g/mol. The van der Waals surface area contributed by atoms with Gasteiger partial charge in [-0.15, -0.1) is 0 Å². The summed E-state index contributed by atoms with van der Waals surface area (Å²) in [5.74, 6) is 0. The predicted octanol–water partition coefficient (Wildman–Crippen LogP) is 2.51. The molecule has 1 atom stereocenters. The largest absolute Gasteiger partial charge is 0.244 e. The number of nitrogens with zero attached hydrogens (tertiary/aromatic N) is 2. The highest BCUT2D eigenvalue weighted by molar-refractivity contribution is 7.89. The summed E-state index contributed by atoms with van der Waals surface area (Å²) >= 11 is 0. The Bertz CT molecular complexity index is 590. The number of hydrogen-bond donors (Lipinski definition) is 0. The van der Waals surface area contributed by atoms with E-state index in [1.165, 1.54) is 6.07 Å². The van der Waals surface area contributed by atoms with Crippen LogP contribution in [0.15, 0.2) is 29.2 Å². The maximum absolute atomic E-state index is 12.7. The van der Waals surface area contributed by atoms with Crippen LogP contribution < -0.4 is 0 Å². The molecular formula is C14H18N2O2S. The predicted molar refractivity (Wildman–Crippen MR) is 73.0 cm³/mol. The minimum absolute atomic E-state index is 0.0606. The van der Waals surface area contributed by atoms with Gasteiger partial charge in [-0.3, -0.25) is 0 Å². The topological polar surface area (TPSA) is 61.2 Å². The lowest BCUT2D eigenvalue weighted by Crippen LogP contribution is -2.43. The van der Waals surface area contributed by atoms with Gasteiger partial charge in [-0.05, 0) is 31.4 Å². The first-order valence-electron chi connectivity index (χ1n) is 6.62. The molecule has 102 valence electrons. The van der Waals surface area contributed by atoms with Gasteiger partial charge in [0.2, 0.25) is 10.0 Å². The van der Waals surface area contributed by atoms with Crippen molar-refractivity contribution >= 4 is 10.0 Å². The number of hydrogen-bond acceptors (Lipinski definition) is 3. The van der Waals surface area contributed by atoms with Gasteiger partial charge in [0.25, 0.3) is 0 Å². The summed E-state index contributed by atoms with van der Waals surface area (Å²) in [4.78, 5) is 0.137. The van der Waals surface area contributed by atoms with Gasteiger partial charge in [-0.25, -0.2) is 8.42 Å². The average molecular weight is 278 g/mol. The molecule has 1 aliphatic heterocycles. The third-order valence-electron chi connectivity index (χ3n) is 3.64. The lowest BCUT2D eigenvalue weighted by atomic mass is 10.0. The molecule has 2 rings (SSSR count). The first kappa shape index (κ1) is 14.0. The first-order chi connectivity index (χ1) is 9.11. The highest BCUT2D eigenvalue weighted by Crippen LogP contribution is 2.28. The molecule has 0 spiro atoms. The van der Waals surface area contributed by atoms with Crippen LogP contribution in [-0.2, 0) is 10.0 Å². The normalized spacial score (nSPS) is 20.9. The second-order valence-electron chi connectivity index (χ2n) is 4.78. The molecule has 0 aliphatic carbocycles. The Morgan fingerprint density at radius 2 is 2.11 bits per heavy atom. The fraction of sp³-hybridized carbons (Fsp3) is 0.500. The van der Waals surface area contributed by atoms with Crippen molar-refractivity contribution in [2.45, 2.75) is 43.5 Å². The van der Waals surface area contributed by atoms with Crippen molar-refractivity contribution in [2.75, 3.05) is 6.54 Å². The van der Waals surface area contributed by atoms with Gasteiger partial charge in [-0.2, -0.15) is 9.57 Å². The van der Waals surface area contributed by atoms with Gasteiger partial charge in [-0.1, -0.05) is 25.5 Å². The third kappa shape index (κ3) is 2.65. The summed E-state index contributed by atoms with van der Waals surface area (Å²) in [6.45, 7) is 2.56. The van der Waals surface area contributed by atoms with Gasteiger partial charge in [0.05, 0.1) is 10.5 Å². The summed E-state index contributed by atoms with van der Waals surface area (Å²) in [6.07, 6.45) is 3.69. The zero-order valence-corrected chi connectivity index (χ0v) is 11.9. The second-order valence-corrected chi connectivity index (χ2v) is 6.64. The summed E-state index contributed by atoms with van der Waals surface area (Å²) in [5, 5.41) is 9.07. The molecule has 0 aromatic heterocycles. The van der Waals surface area contributed by atoms with E-state index in [0.29, 0.717) is 6.54 Å². The Morgan fingerprint density at radius 3 is 2.79 bits per heavy atom. The van der Waals surface area contributed by atoms with E-state index in [0.717, 1.165) is 25.7 Å². The van der Waals surface area contributed by atoms with Crippen molar-refractivity contribution in [3.63, 3.8) is 0 Å². The van der Waals surface area contributed by atoms with Crippen LogP contribution in [0.5, 0.6) is 0 Å². The highest BCUT2D eigenvalue weighted by atomic mass is 32.2. The zero-order valence-electron chi connectivity index (χ0n) is 11.0. The molecule has 0 N–H and O–H groups in total. The van der Waals surface area contributed by atoms with Gasteiger partial charge >= 0.3 is 0 Å². The molecule has 1 heterocycles. The molecule has 19 heavy (non-hydrogen) atoms. The second kappa shape index (κ2) is 5.72. The smallest absolute Gasteiger partial charge is 0.207 e. The van der Waals surface area contributed by atoms with Crippen LogP contribution in [0.3, 0.4) is 0 Å². The average Bonchev–Trinajstić information content (AvgIpc) is 2.47. The van der Waals surface area contributed by atoms with Crippen LogP contribution >= 0.6 is 0 Å². The van der Waals surface area contributed by atoms with Crippen molar-refractivity contribution < 1.29 is 8.42 Å². The Balaban J connectivity index is 2.44. The molecule has 1 aliphatic rings. The summed E-state index contributed by atoms with van der Waals surface area (Å²) in [7, 11) is -3.56. The number of nitriles is 1. The van der Waals surface area contributed by atoms with E-state index in [2.05, 4.69) is 0 Å². The minimum atomic E-state index is -3.56. The van der Waals surface area contributed by atoms with E-state index in [4.69, 9.17) is 5.26 Å². The molecule has 1 saturated heterocycles. The molecule has 1 aromatic rings. The number of piperidine rings is 1.